The molecule has 2 aromatic carbocycles. The zero-order chi connectivity index (χ0) is 13.5. The lowest BCUT2D eigenvalue weighted by Gasteiger charge is -2.08. The Morgan fingerprint density at radius 3 is 2.75 bits per heavy atom. The Bertz CT molecular complexity index is 906. The summed E-state index contributed by atoms with van der Waals surface area (Å²) in [7, 11) is 0. The zero-order valence-corrected chi connectivity index (χ0v) is 10.6. The van der Waals surface area contributed by atoms with Crippen LogP contribution in [-0.4, -0.2) is 5.71 Å². The molecule has 1 aromatic heterocycles. The molecule has 0 aliphatic carbocycles. The van der Waals surface area contributed by atoms with Crippen LogP contribution in [0.5, 0.6) is 0 Å². The van der Waals surface area contributed by atoms with Crippen LogP contribution in [0.3, 0.4) is 0 Å². The van der Waals surface area contributed by atoms with E-state index in [0.29, 0.717) is 17.6 Å². The van der Waals surface area contributed by atoms with Gasteiger partial charge in [0.25, 0.3) is 5.63 Å². The van der Waals surface area contributed by atoms with Crippen molar-refractivity contribution < 1.29 is 4.42 Å². The molecule has 0 radical (unpaired) electrons. The summed E-state index contributed by atoms with van der Waals surface area (Å²) in [6.07, 6.45) is 0.649. The van der Waals surface area contributed by atoms with Crippen LogP contribution >= 0.6 is 0 Å². The molecule has 0 atom stereocenters. The van der Waals surface area contributed by atoms with E-state index in [1.807, 2.05) is 42.5 Å². The van der Waals surface area contributed by atoms with Gasteiger partial charge in [-0.3, -0.25) is 9.79 Å². The first kappa shape index (κ1) is 11.2. The van der Waals surface area contributed by atoms with E-state index < -0.39 is 0 Å². The van der Waals surface area contributed by atoms with Gasteiger partial charge in [0, 0.05) is 0 Å². The monoisotopic (exact) mass is 260 g/mol. The minimum Gasteiger partial charge on any atom is -0.496 e. The summed E-state index contributed by atoms with van der Waals surface area (Å²) in [5.74, 6) is 0. The van der Waals surface area contributed by atoms with Crippen LogP contribution in [0, 0.1) is 6.07 Å². The minimum absolute atomic E-state index is 0.379. The highest BCUT2D eigenvalue weighted by atomic mass is 16.4. The Morgan fingerprint density at radius 2 is 1.85 bits per heavy atom. The van der Waals surface area contributed by atoms with Crippen molar-refractivity contribution >= 4 is 22.4 Å². The topological polar surface area (TPSA) is 42.6 Å². The van der Waals surface area contributed by atoms with Crippen molar-refractivity contribution in [1.29, 1.82) is 0 Å². The molecule has 3 aromatic rings. The van der Waals surface area contributed by atoms with Crippen LogP contribution in [0.15, 0.2) is 62.7 Å². The van der Waals surface area contributed by atoms with Gasteiger partial charge in [-0.05, 0) is 29.3 Å². The van der Waals surface area contributed by atoms with Crippen molar-refractivity contribution in [2.24, 2.45) is 4.99 Å². The maximum absolute atomic E-state index is 12.1. The quantitative estimate of drug-likeness (QED) is 0.498. The number of nitrogens with zero attached hydrogens (tertiary/aromatic N) is 1. The summed E-state index contributed by atoms with van der Waals surface area (Å²) >= 11 is 0. The van der Waals surface area contributed by atoms with E-state index in [1.54, 1.807) is 6.07 Å². The molecule has 96 valence electrons. The van der Waals surface area contributed by atoms with Gasteiger partial charge in [-0.1, -0.05) is 41.8 Å². The number of para-hydroxylation sites is 2. The molecule has 0 fully saturated rings. The molecule has 0 bridgehead atoms. The maximum Gasteiger partial charge on any atom is 0.268 e. The number of benzene rings is 2. The Labute approximate surface area is 115 Å². The number of hydrogen-bond acceptors (Lipinski definition) is 3. The first-order chi connectivity index (χ1) is 9.81. The standard InChI is InChI=1S/C17H10NO2/c19-17-13(9-12-6-2-4-8-16(12)20-17)15-10-11-5-1-3-7-14(11)18-15/h1-8H,10H2/q-1. The molecule has 0 unspecified atom stereocenters. The summed E-state index contributed by atoms with van der Waals surface area (Å²) < 4.78 is 5.34. The first-order valence-corrected chi connectivity index (χ1v) is 6.42. The van der Waals surface area contributed by atoms with E-state index in [-0.39, 0.29) is 5.63 Å². The van der Waals surface area contributed by atoms with Gasteiger partial charge in [0.1, 0.15) is 0 Å². The molecule has 0 saturated heterocycles. The van der Waals surface area contributed by atoms with Gasteiger partial charge in [-0.2, -0.15) is 0 Å². The SMILES string of the molecule is O=c1oc2ccccc2[c-]c1C1=Nc2ccccc2C1. The fraction of sp³-hybridized carbons (Fsp3) is 0.0588. The number of hydrogen-bond donors (Lipinski definition) is 0. The number of fused-ring (bicyclic) bond motifs is 2. The lowest BCUT2D eigenvalue weighted by atomic mass is 10.0. The fourth-order valence-corrected chi connectivity index (χ4v) is 2.46. The average molecular weight is 260 g/mol. The van der Waals surface area contributed by atoms with Crippen molar-refractivity contribution in [3.8, 4) is 0 Å². The molecule has 4 rings (SSSR count). The fourth-order valence-electron chi connectivity index (χ4n) is 2.46. The van der Waals surface area contributed by atoms with Crippen molar-refractivity contribution in [3.63, 3.8) is 0 Å². The zero-order valence-electron chi connectivity index (χ0n) is 10.6. The van der Waals surface area contributed by atoms with Crippen LogP contribution in [-0.2, 0) is 6.42 Å². The van der Waals surface area contributed by atoms with Crippen molar-refractivity contribution in [2.75, 3.05) is 0 Å². The van der Waals surface area contributed by atoms with Crippen molar-refractivity contribution in [3.05, 3.63) is 76.1 Å². The smallest absolute Gasteiger partial charge is 0.268 e. The third-order valence-corrected chi connectivity index (χ3v) is 3.45. The Balaban J connectivity index is 1.89. The lowest BCUT2D eigenvalue weighted by molar-refractivity contribution is 0.559. The first-order valence-electron chi connectivity index (χ1n) is 6.42. The van der Waals surface area contributed by atoms with E-state index in [1.165, 1.54) is 0 Å². The third kappa shape index (κ3) is 1.67. The average Bonchev–Trinajstić information content (AvgIpc) is 2.90. The second-order valence-electron chi connectivity index (χ2n) is 4.75. The number of aliphatic imine (C=N–C) groups is 1. The maximum atomic E-state index is 12.1. The van der Waals surface area contributed by atoms with E-state index in [9.17, 15) is 4.79 Å². The highest BCUT2D eigenvalue weighted by molar-refractivity contribution is 6.07. The van der Waals surface area contributed by atoms with Crippen LogP contribution in [0.1, 0.15) is 11.1 Å². The highest BCUT2D eigenvalue weighted by Gasteiger charge is 2.14. The van der Waals surface area contributed by atoms with E-state index >= 15 is 0 Å². The Kier molecular flexibility index (Phi) is 2.33. The molecular formula is C17H10NO2-. The van der Waals surface area contributed by atoms with Crippen LogP contribution in [0.2, 0.25) is 0 Å². The van der Waals surface area contributed by atoms with Gasteiger partial charge in [-0.15, -0.1) is 12.1 Å². The highest BCUT2D eigenvalue weighted by Crippen LogP contribution is 2.28. The molecule has 0 amide bonds. The third-order valence-electron chi connectivity index (χ3n) is 3.45. The summed E-state index contributed by atoms with van der Waals surface area (Å²) in [6.45, 7) is 0. The molecule has 20 heavy (non-hydrogen) atoms. The van der Waals surface area contributed by atoms with E-state index in [2.05, 4.69) is 11.1 Å². The van der Waals surface area contributed by atoms with Gasteiger partial charge in [-0.25, -0.2) is 0 Å². The van der Waals surface area contributed by atoms with Crippen LogP contribution < -0.4 is 5.63 Å². The van der Waals surface area contributed by atoms with Crippen LogP contribution in [0.4, 0.5) is 5.69 Å². The summed E-state index contributed by atoms with van der Waals surface area (Å²) in [6, 6.07) is 18.4. The van der Waals surface area contributed by atoms with Crippen molar-refractivity contribution in [1.82, 2.24) is 0 Å². The van der Waals surface area contributed by atoms with Crippen LogP contribution in [0.25, 0.3) is 11.0 Å². The molecule has 1 aliphatic heterocycles. The Morgan fingerprint density at radius 1 is 1.05 bits per heavy atom. The largest absolute Gasteiger partial charge is 0.496 e. The minimum atomic E-state index is -0.379. The summed E-state index contributed by atoms with van der Waals surface area (Å²) in [5, 5.41) is 0.792. The van der Waals surface area contributed by atoms with Gasteiger partial charge in [0.2, 0.25) is 0 Å². The van der Waals surface area contributed by atoms with Gasteiger partial charge < -0.3 is 4.42 Å². The summed E-state index contributed by atoms with van der Waals surface area (Å²) in [4.78, 5) is 16.6. The van der Waals surface area contributed by atoms with Gasteiger partial charge >= 0.3 is 0 Å². The molecular weight excluding hydrogens is 250 g/mol. The molecule has 3 nitrogen and oxygen atoms in total. The Hall–Kier alpha value is -2.68. The molecule has 1 aliphatic rings. The molecule has 2 heterocycles. The predicted octanol–water partition coefficient (Wildman–Crippen LogP) is 3.27. The van der Waals surface area contributed by atoms with E-state index in [0.717, 1.165) is 22.3 Å². The van der Waals surface area contributed by atoms with Gasteiger partial charge in [0.05, 0.1) is 11.3 Å². The lowest BCUT2D eigenvalue weighted by Crippen LogP contribution is -2.14. The summed E-state index contributed by atoms with van der Waals surface area (Å²) in [5.41, 5.74) is 3.38. The van der Waals surface area contributed by atoms with Gasteiger partial charge in [0.15, 0.2) is 0 Å². The predicted molar refractivity (Wildman–Crippen MR) is 77.7 cm³/mol. The molecule has 0 saturated carbocycles. The number of rotatable bonds is 1. The molecule has 0 N–H and O–H groups in total. The molecule has 3 heteroatoms. The second-order valence-corrected chi connectivity index (χ2v) is 4.75. The van der Waals surface area contributed by atoms with E-state index in [4.69, 9.17) is 4.42 Å². The molecule has 0 spiro atoms. The second kappa shape index (κ2) is 4.17. The van der Waals surface area contributed by atoms with Crippen molar-refractivity contribution in [2.45, 2.75) is 6.42 Å². The normalized spacial score (nSPS) is 13.3.